The van der Waals surface area contributed by atoms with E-state index < -0.39 is 45.2 Å². The maximum absolute atomic E-state index is 11.2. The Bertz CT molecular complexity index is 678. The zero-order valence-electron chi connectivity index (χ0n) is 12.2. The van der Waals surface area contributed by atoms with Crippen LogP contribution in [0.5, 0.6) is 0 Å². The third-order valence-corrected chi connectivity index (χ3v) is 3.24. The first-order valence-electron chi connectivity index (χ1n) is 6.58. The van der Waals surface area contributed by atoms with Crippen LogP contribution in [0.15, 0.2) is 18.2 Å². The minimum absolute atomic E-state index is 0.0102. The highest BCUT2D eigenvalue weighted by Gasteiger charge is 2.28. The Labute approximate surface area is 134 Å². The number of nitro groups is 2. The van der Waals surface area contributed by atoms with Crippen LogP contribution >= 0.6 is 0 Å². The Kier molecular flexibility index (Phi) is 6.12. The first kappa shape index (κ1) is 18.8. The molecule has 24 heavy (non-hydrogen) atoms. The topological polar surface area (TPSA) is 205 Å². The minimum atomic E-state index is -1.35. The molecule has 0 heterocycles. The largest absolute Gasteiger partial charge is 0.480 e. The molecule has 0 saturated carbocycles. The minimum Gasteiger partial charge on any atom is -0.480 e. The van der Waals surface area contributed by atoms with Gasteiger partial charge in [-0.1, -0.05) is 0 Å². The highest BCUT2D eigenvalue weighted by molar-refractivity contribution is 5.73. The van der Waals surface area contributed by atoms with Crippen molar-refractivity contribution in [1.29, 1.82) is 0 Å². The molecule has 0 aliphatic carbocycles. The van der Waals surface area contributed by atoms with Crippen molar-refractivity contribution in [3.05, 3.63) is 44.0 Å². The van der Waals surface area contributed by atoms with E-state index in [4.69, 9.17) is 16.6 Å². The van der Waals surface area contributed by atoms with Crippen molar-refractivity contribution in [1.82, 2.24) is 5.32 Å². The van der Waals surface area contributed by atoms with Gasteiger partial charge in [-0.3, -0.25) is 25.0 Å². The molecule has 1 aromatic carbocycles. The molecule has 0 aliphatic rings. The van der Waals surface area contributed by atoms with E-state index in [1.807, 2.05) is 0 Å². The highest BCUT2D eigenvalue weighted by Crippen LogP contribution is 2.32. The fourth-order valence-corrected chi connectivity index (χ4v) is 2.10. The normalized spacial score (nSPS) is 12.9. The van der Waals surface area contributed by atoms with Crippen LogP contribution in [-0.2, 0) is 4.79 Å². The fraction of sp³-hybridized carbons (Fsp3) is 0.333. The number of primary amides is 1. The molecule has 0 bridgehead atoms. The first-order valence-corrected chi connectivity index (χ1v) is 6.58. The van der Waals surface area contributed by atoms with Gasteiger partial charge >= 0.3 is 12.0 Å². The van der Waals surface area contributed by atoms with E-state index in [0.29, 0.717) is 0 Å². The van der Waals surface area contributed by atoms with Gasteiger partial charge in [-0.2, -0.15) is 0 Å². The van der Waals surface area contributed by atoms with Gasteiger partial charge in [0.15, 0.2) is 0 Å². The molecule has 0 aromatic heterocycles. The summed E-state index contributed by atoms with van der Waals surface area (Å²) in [6.45, 7) is -0.213. The molecule has 12 nitrogen and oxygen atoms in total. The molecule has 2 amide bonds. The second kappa shape index (κ2) is 7.82. The van der Waals surface area contributed by atoms with Crippen molar-refractivity contribution in [2.24, 2.45) is 11.5 Å². The number of non-ortho nitro benzene ring substituents is 1. The Morgan fingerprint density at radius 3 is 2.33 bits per heavy atom. The smallest absolute Gasteiger partial charge is 0.320 e. The van der Waals surface area contributed by atoms with E-state index in [2.05, 4.69) is 5.32 Å². The summed E-state index contributed by atoms with van der Waals surface area (Å²) in [7, 11) is 0. The lowest BCUT2D eigenvalue weighted by molar-refractivity contribution is -0.394. The lowest BCUT2D eigenvalue weighted by atomic mass is 9.90. The Morgan fingerprint density at radius 2 is 1.88 bits per heavy atom. The summed E-state index contributed by atoms with van der Waals surface area (Å²) in [6.07, 6.45) is -0.242. The average molecular weight is 341 g/mol. The molecule has 0 spiro atoms. The van der Waals surface area contributed by atoms with Crippen LogP contribution in [0.3, 0.4) is 0 Å². The van der Waals surface area contributed by atoms with Crippen LogP contribution in [0, 0.1) is 20.2 Å². The van der Waals surface area contributed by atoms with Crippen molar-refractivity contribution >= 4 is 23.4 Å². The molecule has 1 rings (SSSR count). The van der Waals surface area contributed by atoms with Crippen LogP contribution in [0.2, 0.25) is 0 Å². The van der Waals surface area contributed by atoms with Gasteiger partial charge in [0.25, 0.3) is 11.4 Å². The van der Waals surface area contributed by atoms with Crippen LogP contribution in [0.4, 0.5) is 16.2 Å². The Morgan fingerprint density at radius 1 is 1.25 bits per heavy atom. The number of hydrogen-bond donors (Lipinski definition) is 4. The van der Waals surface area contributed by atoms with Crippen molar-refractivity contribution < 1.29 is 24.5 Å². The number of amides is 2. The predicted molar refractivity (Wildman–Crippen MR) is 80.3 cm³/mol. The average Bonchev–Trinajstić information content (AvgIpc) is 2.50. The molecule has 0 fully saturated rings. The number of nitrogens with one attached hydrogen (secondary N) is 1. The maximum Gasteiger partial charge on any atom is 0.320 e. The van der Waals surface area contributed by atoms with E-state index in [-0.39, 0.29) is 18.5 Å². The SMILES string of the molecule is NC(=O)NCC(C[C@H](N)C(=O)O)c1ccc([N+](=O)[O-])cc1[N+](=O)[O-]. The van der Waals surface area contributed by atoms with Gasteiger partial charge in [0.1, 0.15) is 6.04 Å². The number of urea groups is 1. The molecule has 0 aliphatic heterocycles. The number of hydrogen-bond acceptors (Lipinski definition) is 7. The first-order chi connectivity index (χ1) is 11.1. The summed E-state index contributed by atoms with van der Waals surface area (Å²) in [5.74, 6) is -2.20. The number of rotatable bonds is 8. The second-order valence-corrected chi connectivity index (χ2v) is 4.88. The zero-order valence-corrected chi connectivity index (χ0v) is 12.2. The van der Waals surface area contributed by atoms with E-state index in [9.17, 15) is 29.8 Å². The lowest BCUT2D eigenvalue weighted by Gasteiger charge is -2.19. The van der Waals surface area contributed by atoms with Gasteiger partial charge in [-0.25, -0.2) is 4.79 Å². The van der Waals surface area contributed by atoms with E-state index in [1.54, 1.807) is 0 Å². The summed E-state index contributed by atoms with van der Waals surface area (Å²) in [6, 6.07) is 0.691. The van der Waals surface area contributed by atoms with E-state index >= 15 is 0 Å². The molecule has 130 valence electrons. The summed E-state index contributed by atoms with van der Waals surface area (Å²) < 4.78 is 0. The van der Waals surface area contributed by atoms with Crippen LogP contribution in [-0.4, -0.2) is 39.5 Å². The third kappa shape index (κ3) is 4.88. The summed E-state index contributed by atoms with van der Waals surface area (Å²) in [5, 5.41) is 33.0. The summed E-state index contributed by atoms with van der Waals surface area (Å²) in [4.78, 5) is 42.1. The number of nitrogens with two attached hydrogens (primary N) is 2. The van der Waals surface area contributed by atoms with Crippen LogP contribution in [0.25, 0.3) is 0 Å². The van der Waals surface area contributed by atoms with E-state index in [0.717, 1.165) is 18.2 Å². The molecule has 1 aromatic rings. The summed E-state index contributed by atoms with van der Waals surface area (Å²) >= 11 is 0. The van der Waals surface area contributed by atoms with Gasteiger partial charge in [0, 0.05) is 24.1 Å². The number of carboxylic acids is 1. The standard InChI is InChI=1S/C12H15N5O7/c13-9(11(18)19)3-6(5-15-12(14)20)8-2-1-7(16(21)22)4-10(8)17(23)24/h1-2,4,6,9H,3,5,13H2,(H,18,19)(H3,14,15,20)/t6?,9-/m0/s1. The molecular formula is C12H15N5O7. The molecular weight excluding hydrogens is 326 g/mol. The van der Waals surface area contributed by atoms with Gasteiger partial charge < -0.3 is 21.9 Å². The van der Waals surface area contributed by atoms with Gasteiger partial charge in [-0.05, 0) is 12.5 Å². The second-order valence-electron chi connectivity index (χ2n) is 4.88. The third-order valence-electron chi connectivity index (χ3n) is 3.24. The molecule has 6 N–H and O–H groups in total. The number of benzene rings is 1. The lowest BCUT2D eigenvalue weighted by Crippen LogP contribution is -2.37. The van der Waals surface area contributed by atoms with Crippen molar-refractivity contribution in [2.75, 3.05) is 6.54 Å². The maximum atomic E-state index is 11.2. The number of carbonyl (C=O) groups is 2. The van der Waals surface area contributed by atoms with Gasteiger partial charge in [0.2, 0.25) is 0 Å². The van der Waals surface area contributed by atoms with Crippen molar-refractivity contribution in [3.8, 4) is 0 Å². The van der Waals surface area contributed by atoms with Crippen molar-refractivity contribution in [3.63, 3.8) is 0 Å². The van der Waals surface area contributed by atoms with Crippen LogP contribution in [0.1, 0.15) is 17.9 Å². The highest BCUT2D eigenvalue weighted by atomic mass is 16.6. The quantitative estimate of drug-likeness (QED) is 0.374. The molecule has 2 atom stereocenters. The molecule has 12 heteroatoms. The monoisotopic (exact) mass is 341 g/mol. The zero-order chi connectivity index (χ0) is 18.4. The van der Waals surface area contributed by atoms with Gasteiger partial charge in [0.05, 0.1) is 15.9 Å². The van der Waals surface area contributed by atoms with Crippen LogP contribution < -0.4 is 16.8 Å². The van der Waals surface area contributed by atoms with E-state index in [1.165, 1.54) is 0 Å². The fourth-order valence-electron chi connectivity index (χ4n) is 2.10. The summed E-state index contributed by atoms with van der Waals surface area (Å²) in [5.41, 5.74) is 9.34. The number of nitro benzene ring substituents is 2. The molecule has 1 unspecified atom stereocenters. The number of carbonyl (C=O) groups excluding carboxylic acids is 1. The molecule has 0 saturated heterocycles. The van der Waals surface area contributed by atoms with Crippen molar-refractivity contribution in [2.45, 2.75) is 18.4 Å². The number of nitrogens with zero attached hydrogens (tertiary/aromatic N) is 2. The number of carboxylic acid groups (broad SMARTS) is 1. The number of aliphatic carboxylic acids is 1. The molecule has 0 radical (unpaired) electrons. The van der Waals surface area contributed by atoms with Gasteiger partial charge in [-0.15, -0.1) is 0 Å². The Balaban J connectivity index is 3.28. The Hall–Kier alpha value is -3.28. The predicted octanol–water partition coefficient (Wildman–Crippen LogP) is 0.0569.